The van der Waals surface area contributed by atoms with Crippen molar-refractivity contribution in [2.75, 3.05) is 55.5 Å². The molecule has 1 aliphatic rings. The first-order chi connectivity index (χ1) is 15.5. The zero-order chi connectivity index (χ0) is 22.9. The third-order valence-electron chi connectivity index (χ3n) is 5.05. The third-order valence-corrected chi connectivity index (χ3v) is 5.05. The van der Waals surface area contributed by atoms with E-state index in [1.165, 1.54) is 19.2 Å². The number of ether oxygens (including phenoxy) is 2. The summed E-state index contributed by atoms with van der Waals surface area (Å²) in [7, 11) is 1.30. The van der Waals surface area contributed by atoms with E-state index in [2.05, 4.69) is 15.5 Å². The molecule has 1 heterocycles. The largest absolute Gasteiger partial charge is 0.465 e. The van der Waals surface area contributed by atoms with Crippen LogP contribution in [-0.2, 0) is 14.3 Å². The van der Waals surface area contributed by atoms with E-state index in [1.54, 1.807) is 24.3 Å². The minimum atomic E-state index is -0.518. The number of rotatable bonds is 9. The second kappa shape index (κ2) is 11.1. The summed E-state index contributed by atoms with van der Waals surface area (Å²) >= 11 is 0. The summed E-state index contributed by atoms with van der Waals surface area (Å²) in [5.41, 5.74) is 2.34. The second-order valence-corrected chi connectivity index (χ2v) is 7.20. The third kappa shape index (κ3) is 6.17. The van der Waals surface area contributed by atoms with Gasteiger partial charge in [-0.25, -0.2) is 4.79 Å². The molecule has 1 fully saturated rings. The van der Waals surface area contributed by atoms with Gasteiger partial charge in [-0.1, -0.05) is 0 Å². The maximum Gasteiger partial charge on any atom is 0.340 e. The maximum absolute atomic E-state index is 12.4. The van der Waals surface area contributed by atoms with Crippen molar-refractivity contribution in [3.05, 3.63) is 58.1 Å². The number of nitrogens with zero attached hydrogens (tertiary/aromatic N) is 2. The molecule has 170 valence electrons. The highest BCUT2D eigenvalue weighted by Gasteiger charge is 2.18. The fraction of sp³-hybridized carbons (Fsp3) is 0.364. The van der Waals surface area contributed by atoms with Crippen molar-refractivity contribution in [3.8, 4) is 0 Å². The van der Waals surface area contributed by atoms with Crippen LogP contribution in [0.25, 0.3) is 0 Å². The Bertz CT molecular complexity index is 957. The number of benzene rings is 2. The number of amides is 1. The van der Waals surface area contributed by atoms with Gasteiger partial charge in [-0.3, -0.25) is 14.9 Å². The number of carbonyl (C=O) groups is 2. The predicted octanol–water partition coefficient (Wildman–Crippen LogP) is 3.05. The smallest absolute Gasteiger partial charge is 0.340 e. The number of carbonyl (C=O) groups excluding carboxylic acids is 2. The second-order valence-electron chi connectivity index (χ2n) is 7.20. The SMILES string of the molecule is COC(=O)c1cc(N2CCOCC2)ccc1NC(=O)CCCNc1ccc([N+](=O)[O-])cc1. The maximum atomic E-state index is 12.4. The molecule has 2 N–H and O–H groups in total. The Hall–Kier alpha value is -3.66. The average molecular weight is 442 g/mol. The molecule has 32 heavy (non-hydrogen) atoms. The van der Waals surface area contributed by atoms with Crippen molar-refractivity contribution in [1.82, 2.24) is 0 Å². The van der Waals surface area contributed by atoms with Crippen LogP contribution in [0.1, 0.15) is 23.2 Å². The Labute approximate surface area is 185 Å². The molecule has 1 amide bonds. The van der Waals surface area contributed by atoms with Crippen LogP contribution in [0.15, 0.2) is 42.5 Å². The summed E-state index contributed by atoms with van der Waals surface area (Å²) < 4.78 is 10.2. The van der Waals surface area contributed by atoms with Gasteiger partial charge in [-0.2, -0.15) is 0 Å². The average Bonchev–Trinajstić information content (AvgIpc) is 2.82. The molecule has 0 bridgehead atoms. The number of morpholine rings is 1. The van der Waals surface area contributed by atoms with Gasteiger partial charge in [0.1, 0.15) is 0 Å². The van der Waals surface area contributed by atoms with Gasteiger partial charge in [0.05, 0.1) is 36.5 Å². The Kier molecular flexibility index (Phi) is 7.98. The zero-order valence-corrected chi connectivity index (χ0v) is 17.8. The number of nitrogens with one attached hydrogen (secondary N) is 2. The highest BCUT2D eigenvalue weighted by atomic mass is 16.6. The lowest BCUT2D eigenvalue weighted by Crippen LogP contribution is -2.36. The van der Waals surface area contributed by atoms with Gasteiger partial charge in [0.2, 0.25) is 5.91 Å². The van der Waals surface area contributed by atoms with Gasteiger partial charge in [0.15, 0.2) is 0 Å². The minimum Gasteiger partial charge on any atom is -0.465 e. The van der Waals surface area contributed by atoms with E-state index in [0.717, 1.165) is 24.5 Å². The first kappa shape index (κ1) is 23.0. The molecule has 0 spiro atoms. The van der Waals surface area contributed by atoms with Crippen LogP contribution in [0.5, 0.6) is 0 Å². The summed E-state index contributed by atoms with van der Waals surface area (Å²) in [6, 6.07) is 11.4. The van der Waals surface area contributed by atoms with E-state index in [9.17, 15) is 19.7 Å². The number of nitro groups is 1. The molecule has 0 radical (unpaired) electrons. The van der Waals surface area contributed by atoms with E-state index >= 15 is 0 Å². The van der Waals surface area contributed by atoms with Gasteiger partial charge in [0.25, 0.3) is 5.69 Å². The summed E-state index contributed by atoms with van der Waals surface area (Å²) in [6.07, 6.45) is 0.786. The number of methoxy groups -OCH3 is 1. The van der Waals surface area contributed by atoms with Gasteiger partial charge >= 0.3 is 5.97 Å². The lowest BCUT2D eigenvalue weighted by Gasteiger charge is -2.29. The standard InChI is InChI=1S/C22H26N4O6/c1-31-22(28)19-15-18(25-11-13-32-14-12-25)8-9-20(19)24-21(27)3-2-10-23-16-4-6-17(7-5-16)26(29)30/h4-9,15,23H,2-3,10-14H2,1H3,(H,24,27). The van der Waals surface area contributed by atoms with Crippen LogP contribution < -0.4 is 15.5 Å². The molecule has 1 saturated heterocycles. The molecule has 0 saturated carbocycles. The van der Waals surface area contributed by atoms with Crippen LogP contribution in [0.4, 0.5) is 22.7 Å². The fourth-order valence-corrected chi connectivity index (χ4v) is 3.33. The van der Waals surface area contributed by atoms with Crippen LogP contribution in [0.2, 0.25) is 0 Å². The van der Waals surface area contributed by atoms with E-state index < -0.39 is 10.9 Å². The predicted molar refractivity (Wildman–Crippen MR) is 120 cm³/mol. The highest BCUT2D eigenvalue weighted by molar-refractivity contribution is 6.02. The number of hydrogen-bond acceptors (Lipinski definition) is 8. The molecule has 2 aromatic carbocycles. The molecule has 0 atom stereocenters. The Morgan fingerprint density at radius 1 is 1.16 bits per heavy atom. The van der Waals surface area contributed by atoms with Crippen molar-refractivity contribution in [2.45, 2.75) is 12.8 Å². The normalized spacial score (nSPS) is 13.3. The highest BCUT2D eigenvalue weighted by Crippen LogP contribution is 2.25. The Morgan fingerprint density at radius 2 is 1.88 bits per heavy atom. The number of anilines is 3. The number of esters is 1. The van der Waals surface area contributed by atoms with Gasteiger partial charge in [-0.15, -0.1) is 0 Å². The van der Waals surface area contributed by atoms with E-state index in [0.29, 0.717) is 37.4 Å². The van der Waals surface area contributed by atoms with Gasteiger partial charge in [0, 0.05) is 49.6 Å². The number of non-ortho nitro benzene ring substituents is 1. The number of hydrogen-bond donors (Lipinski definition) is 2. The molecule has 2 aromatic rings. The lowest BCUT2D eigenvalue weighted by molar-refractivity contribution is -0.384. The summed E-state index contributed by atoms with van der Waals surface area (Å²) in [5, 5.41) is 16.6. The minimum absolute atomic E-state index is 0.0241. The monoisotopic (exact) mass is 442 g/mol. The van der Waals surface area contributed by atoms with Gasteiger partial charge in [-0.05, 0) is 36.8 Å². The van der Waals surface area contributed by atoms with Crippen molar-refractivity contribution in [2.24, 2.45) is 0 Å². The summed E-state index contributed by atoms with van der Waals surface area (Å²) in [6.45, 7) is 3.23. The molecule has 3 rings (SSSR count). The molecular formula is C22H26N4O6. The molecular weight excluding hydrogens is 416 g/mol. The Morgan fingerprint density at radius 3 is 2.53 bits per heavy atom. The van der Waals surface area contributed by atoms with Crippen LogP contribution in [0.3, 0.4) is 0 Å². The van der Waals surface area contributed by atoms with Crippen LogP contribution in [0, 0.1) is 10.1 Å². The quantitative estimate of drug-likeness (QED) is 0.263. The molecule has 0 aromatic heterocycles. The zero-order valence-electron chi connectivity index (χ0n) is 17.8. The molecule has 10 heteroatoms. The van der Waals surface area contributed by atoms with Crippen LogP contribution in [-0.4, -0.2) is 56.8 Å². The van der Waals surface area contributed by atoms with Crippen molar-refractivity contribution in [3.63, 3.8) is 0 Å². The molecule has 1 aliphatic heterocycles. The van der Waals surface area contributed by atoms with E-state index in [1.807, 2.05) is 6.07 Å². The first-order valence-corrected chi connectivity index (χ1v) is 10.3. The lowest BCUT2D eigenvalue weighted by atomic mass is 10.1. The summed E-state index contributed by atoms with van der Waals surface area (Å²) in [5.74, 6) is -0.741. The van der Waals surface area contributed by atoms with E-state index in [-0.39, 0.29) is 18.0 Å². The summed E-state index contributed by atoms with van der Waals surface area (Å²) in [4.78, 5) is 37.0. The molecule has 0 aliphatic carbocycles. The fourth-order valence-electron chi connectivity index (χ4n) is 3.33. The molecule has 10 nitrogen and oxygen atoms in total. The van der Waals surface area contributed by atoms with E-state index in [4.69, 9.17) is 9.47 Å². The molecule has 0 unspecified atom stereocenters. The number of nitro benzene ring substituents is 1. The van der Waals surface area contributed by atoms with Crippen molar-refractivity contribution < 1.29 is 24.0 Å². The first-order valence-electron chi connectivity index (χ1n) is 10.3. The van der Waals surface area contributed by atoms with Gasteiger partial charge < -0.3 is 25.0 Å². The van der Waals surface area contributed by atoms with Crippen molar-refractivity contribution >= 4 is 34.6 Å². The Balaban J connectivity index is 1.54. The van der Waals surface area contributed by atoms with Crippen LogP contribution >= 0.6 is 0 Å². The topological polar surface area (TPSA) is 123 Å². The van der Waals surface area contributed by atoms with Crippen molar-refractivity contribution in [1.29, 1.82) is 0 Å².